The van der Waals surface area contributed by atoms with Crippen molar-refractivity contribution in [2.75, 3.05) is 39.5 Å². The minimum absolute atomic E-state index is 0.0543. The molecule has 1 amide bonds. The number of carbonyl (C=O) groups excluding carboxylic acids is 1. The van der Waals surface area contributed by atoms with Crippen molar-refractivity contribution in [3.8, 4) is 16.9 Å². The van der Waals surface area contributed by atoms with Gasteiger partial charge < -0.3 is 14.8 Å². The number of halogens is 1. The van der Waals surface area contributed by atoms with Crippen molar-refractivity contribution in [1.29, 1.82) is 0 Å². The number of nitrogens with one attached hydrogen (secondary N) is 2. The van der Waals surface area contributed by atoms with Gasteiger partial charge in [0.05, 0.1) is 24.2 Å². The third-order valence-electron chi connectivity index (χ3n) is 8.28. The molecule has 43 heavy (non-hydrogen) atoms. The third-order valence-corrected chi connectivity index (χ3v) is 9.82. The monoisotopic (exact) mass is 609 g/mol. The second-order valence-electron chi connectivity index (χ2n) is 11.3. The summed E-state index contributed by atoms with van der Waals surface area (Å²) in [7, 11) is -3.69. The van der Waals surface area contributed by atoms with Gasteiger partial charge in [-0.25, -0.2) is 17.5 Å². The first-order chi connectivity index (χ1) is 20.8. The van der Waals surface area contributed by atoms with Crippen molar-refractivity contribution in [2.45, 2.75) is 49.6 Å². The fourth-order valence-corrected chi connectivity index (χ4v) is 6.92. The Bertz CT molecular complexity index is 1440. The number of amides is 1. The third kappa shape index (κ3) is 8.63. The number of morpholine rings is 1. The largest absolute Gasteiger partial charge is 0.492 e. The number of nitrogens with zero attached hydrogens (tertiary/aromatic N) is 1. The lowest BCUT2D eigenvalue weighted by Crippen LogP contribution is -2.41. The number of carbonyl (C=O) groups is 1. The summed E-state index contributed by atoms with van der Waals surface area (Å²) >= 11 is 0. The van der Waals surface area contributed by atoms with E-state index in [1.807, 2.05) is 43.3 Å². The highest BCUT2D eigenvalue weighted by Crippen LogP contribution is 2.28. The molecule has 2 fully saturated rings. The summed E-state index contributed by atoms with van der Waals surface area (Å²) in [5.41, 5.74) is 2.73. The van der Waals surface area contributed by atoms with Crippen molar-refractivity contribution < 1.29 is 27.1 Å². The van der Waals surface area contributed by atoms with E-state index in [-0.39, 0.29) is 34.6 Å². The molecule has 0 aromatic heterocycles. The van der Waals surface area contributed by atoms with Gasteiger partial charge in [-0.2, -0.15) is 0 Å². The second kappa shape index (κ2) is 14.4. The summed E-state index contributed by atoms with van der Waals surface area (Å²) in [6.07, 6.45) is 2.37. The van der Waals surface area contributed by atoms with Gasteiger partial charge >= 0.3 is 0 Å². The van der Waals surface area contributed by atoms with E-state index in [0.29, 0.717) is 32.3 Å². The SMILES string of the molecule is C[C@@H](NC(=O)C1CCC(NS(=O)(=O)c2ccc(-c3ccc(OCCN4CCOCC4)cc3)cc2)CC1)c1ccc(F)cc1. The van der Waals surface area contributed by atoms with Crippen molar-refractivity contribution >= 4 is 15.9 Å². The Morgan fingerprint density at radius 3 is 2.16 bits per heavy atom. The van der Waals surface area contributed by atoms with E-state index in [4.69, 9.17) is 9.47 Å². The van der Waals surface area contributed by atoms with Crippen LogP contribution in [0.15, 0.2) is 77.7 Å². The van der Waals surface area contributed by atoms with E-state index in [9.17, 15) is 17.6 Å². The molecule has 1 heterocycles. The van der Waals surface area contributed by atoms with Gasteiger partial charge in [-0.05, 0) is 85.7 Å². The highest BCUT2D eigenvalue weighted by Gasteiger charge is 2.30. The van der Waals surface area contributed by atoms with Gasteiger partial charge in [0.15, 0.2) is 0 Å². The molecule has 2 aliphatic rings. The lowest BCUT2D eigenvalue weighted by Gasteiger charge is -2.29. The van der Waals surface area contributed by atoms with Crippen LogP contribution in [-0.2, 0) is 19.6 Å². The molecule has 3 aromatic rings. The van der Waals surface area contributed by atoms with Crippen molar-refractivity contribution in [3.63, 3.8) is 0 Å². The van der Waals surface area contributed by atoms with Crippen LogP contribution >= 0.6 is 0 Å². The molecule has 8 nitrogen and oxygen atoms in total. The van der Waals surface area contributed by atoms with E-state index in [2.05, 4.69) is 14.9 Å². The van der Waals surface area contributed by atoms with Gasteiger partial charge in [0.25, 0.3) is 0 Å². The maximum atomic E-state index is 13.2. The van der Waals surface area contributed by atoms with Crippen LogP contribution in [0.2, 0.25) is 0 Å². The fraction of sp³-hybridized carbons (Fsp3) is 0.424. The fourth-order valence-electron chi connectivity index (χ4n) is 5.61. The number of hydrogen-bond donors (Lipinski definition) is 2. The molecule has 5 rings (SSSR count). The van der Waals surface area contributed by atoms with Crippen LogP contribution in [-0.4, -0.2) is 64.7 Å². The topological polar surface area (TPSA) is 97.0 Å². The van der Waals surface area contributed by atoms with Gasteiger partial charge in [0.2, 0.25) is 15.9 Å². The Hall–Kier alpha value is -3.31. The second-order valence-corrected chi connectivity index (χ2v) is 13.0. The summed E-state index contributed by atoms with van der Waals surface area (Å²) in [4.78, 5) is 15.3. The van der Waals surface area contributed by atoms with E-state index in [0.717, 1.165) is 55.3 Å². The summed E-state index contributed by atoms with van der Waals surface area (Å²) in [6, 6.07) is 20.3. The Morgan fingerprint density at radius 2 is 1.53 bits per heavy atom. The van der Waals surface area contributed by atoms with Crippen molar-refractivity contribution in [3.05, 3.63) is 84.2 Å². The average molecular weight is 610 g/mol. The molecule has 230 valence electrons. The van der Waals surface area contributed by atoms with Crippen LogP contribution in [0.3, 0.4) is 0 Å². The van der Waals surface area contributed by atoms with Crippen molar-refractivity contribution in [2.24, 2.45) is 5.92 Å². The Labute approximate surface area is 253 Å². The first-order valence-electron chi connectivity index (χ1n) is 15.0. The van der Waals surface area contributed by atoms with Crippen LogP contribution in [0.25, 0.3) is 11.1 Å². The number of ether oxygens (including phenoxy) is 2. The molecule has 1 atom stereocenters. The molecule has 10 heteroatoms. The smallest absolute Gasteiger partial charge is 0.240 e. The highest BCUT2D eigenvalue weighted by molar-refractivity contribution is 7.89. The Balaban J connectivity index is 1.08. The lowest BCUT2D eigenvalue weighted by molar-refractivity contribution is -0.126. The van der Waals surface area contributed by atoms with E-state index < -0.39 is 10.0 Å². The van der Waals surface area contributed by atoms with Gasteiger partial charge in [-0.15, -0.1) is 0 Å². The molecule has 0 unspecified atom stereocenters. The lowest BCUT2D eigenvalue weighted by atomic mass is 9.85. The first-order valence-corrected chi connectivity index (χ1v) is 16.5. The minimum atomic E-state index is -3.69. The maximum absolute atomic E-state index is 13.2. The molecule has 0 radical (unpaired) electrons. The zero-order valence-corrected chi connectivity index (χ0v) is 25.3. The Kier molecular flexibility index (Phi) is 10.5. The van der Waals surface area contributed by atoms with Gasteiger partial charge in [0.1, 0.15) is 18.2 Å². The van der Waals surface area contributed by atoms with Crippen LogP contribution in [0.5, 0.6) is 5.75 Å². The molecule has 0 bridgehead atoms. The summed E-state index contributed by atoms with van der Waals surface area (Å²) < 4.78 is 53.5. The minimum Gasteiger partial charge on any atom is -0.492 e. The first kappa shape index (κ1) is 31.1. The normalized spacial score (nSPS) is 20.3. The van der Waals surface area contributed by atoms with Gasteiger partial charge in [-0.1, -0.05) is 36.4 Å². The van der Waals surface area contributed by atoms with Crippen LogP contribution < -0.4 is 14.8 Å². The molecular formula is C33H40FN3O5S. The van der Waals surface area contributed by atoms with E-state index in [1.165, 1.54) is 12.1 Å². The van der Waals surface area contributed by atoms with Crippen LogP contribution in [0.1, 0.15) is 44.2 Å². The Morgan fingerprint density at radius 1 is 0.930 bits per heavy atom. The summed E-state index contributed by atoms with van der Waals surface area (Å²) in [5.74, 6) is 0.256. The van der Waals surface area contributed by atoms with Gasteiger partial charge in [-0.3, -0.25) is 9.69 Å². The predicted octanol–water partition coefficient (Wildman–Crippen LogP) is 4.92. The zero-order valence-electron chi connectivity index (χ0n) is 24.5. The molecule has 1 aliphatic carbocycles. The number of hydrogen-bond acceptors (Lipinski definition) is 6. The molecule has 2 N–H and O–H groups in total. The molecular weight excluding hydrogens is 569 g/mol. The number of sulfonamides is 1. The van der Waals surface area contributed by atoms with Crippen LogP contribution in [0, 0.1) is 11.7 Å². The molecule has 1 saturated heterocycles. The predicted molar refractivity (Wildman–Crippen MR) is 164 cm³/mol. The van der Waals surface area contributed by atoms with Gasteiger partial charge in [0, 0.05) is 31.6 Å². The van der Waals surface area contributed by atoms with E-state index >= 15 is 0 Å². The van der Waals surface area contributed by atoms with Crippen LogP contribution in [0.4, 0.5) is 4.39 Å². The molecule has 1 saturated carbocycles. The average Bonchev–Trinajstić information content (AvgIpc) is 3.02. The quantitative estimate of drug-likeness (QED) is 0.321. The number of benzene rings is 3. The highest BCUT2D eigenvalue weighted by atomic mass is 32.2. The summed E-state index contributed by atoms with van der Waals surface area (Å²) in [6.45, 7) is 6.76. The maximum Gasteiger partial charge on any atom is 0.240 e. The zero-order chi connectivity index (χ0) is 30.2. The molecule has 0 spiro atoms. The summed E-state index contributed by atoms with van der Waals surface area (Å²) in [5, 5.41) is 3.00. The van der Waals surface area contributed by atoms with E-state index in [1.54, 1.807) is 24.3 Å². The number of rotatable bonds is 11. The molecule has 1 aliphatic heterocycles. The van der Waals surface area contributed by atoms with Crippen molar-refractivity contribution in [1.82, 2.24) is 14.9 Å². The standard InChI is InChI=1S/C33H40FN3O5S/c1-24(25-2-10-29(34)11-3-25)35-33(38)28-4-12-30(13-5-28)36-43(39,40)32-16-8-27(9-17-32)26-6-14-31(15-7-26)42-23-20-37-18-21-41-22-19-37/h2-3,6-11,14-17,24,28,30,36H,4-5,12-13,18-23H2,1H3,(H,35,38)/t24-,28?,30?/m1/s1. The molecule has 3 aromatic carbocycles.